The van der Waals surface area contributed by atoms with Gasteiger partial charge < -0.3 is 14.4 Å². The molecule has 0 atom stereocenters. The van der Waals surface area contributed by atoms with E-state index in [1.165, 1.54) is 16.2 Å². The molecular weight excluding hydrogens is 386 g/mol. The lowest BCUT2D eigenvalue weighted by molar-refractivity contribution is -0.858. The van der Waals surface area contributed by atoms with Crippen molar-refractivity contribution in [2.45, 2.75) is 13.3 Å². The van der Waals surface area contributed by atoms with Crippen LogP contribution in [-0.2, 0) is 4.79 Å². The van der Waals surface area contributed by atoms with Crippen molar-refractivity contribution in [3.8, 4) is 11.5 Å². The van der Waals surface area contributed by atoms with Crippen LogP contribution in [0, 0.1) is 0 Å². The van der Waals surface area contributed by atoms with Gasteiger partial charge in [0, 0.05) is 13.0 Å². The maximum absolute atomic E-state index is 13.0. The van der Waals surface area contributed by atoms with E-state index in [1.807, 2.05) is 55.5 Å². The third kappa shape index (κ3) is 5.92. The summed E-state index contributed by atoms with van der Waals surface area (Å²) in [5, 5.41) is 0.698. The molecule has 7 heteroatoms. The number of rotatable bonds is 10. The van der Waals surface area contributed by atoms with Crippen LogP contribution in [0.15, 0.2) is 48.5 Å². The molecule has 6 nitrogen and oxygen atoms in total. The van der Waals surface area contributed by atoms with Crippen molar-refractivity contribution in [2.75, 3.05) is 45.3 Å². The molecule has 154 valence electrons. The zero-order chi connectivity index (χ0) is 20.6. The van der Waals surface area contributed by atoms with Crippen molar-refractivity contribution in [1.29, 1.82) is 0 Å². The molecule has 0 aliphatic heterocycles. The van der Waals surface area contributed by atoms with Crippen molar-refractivity contribution in [1.82, 2.24) is 4.98 Å². The number of benzene rings is 2. The van der Waals surface area contributed by atoms with Crippen LogP contribution in [0.4, 0.5) is 5.13 Å². The summed E-state index contributed by atoms with van der Waals surface area (Å²) in [7, 11) is 4.22. The number of carbonyl (C=O) groups excluding carboxylic acids is 1. The Bertz CT molecular complexity index is 927. The van der Waals surface area contributed by atoms with Gasteiger partial charge in [-0.15, -0.1) is 0 Å². The second kappa shape index (κ2) is 10.2. The van der Waals surface area contributed by atoms with Gasteiger partial charge in [-0.05, 0) is 37.3 Å². The van der Waals surface area contributed by atoms with Crippen LogP contribution in [0.25, 0.3) is 10.2 Å². The van der Waals surface area contributed by atoms with Crippen molar-refractivity contribution in [2.24, 2.45) is 0 Å². The molecule has 0 saturated carbocycles. The summed E-state index contributed by atoms with van der Waals surface area (Å²) in [5.74, 6) is 1.41. The van der Waals surface area contributed by atoms with Gasteiger partial charge in [0.25, 0.3) is 5.91 Å². The summed E-state index contributed by atoms with van der Waals surface area (Å²) in [6.07, 6.45) is 0.888. The van der Waals surface area contributed by atoms with Crippen LogP contribution in [0.5, 0.6) is 11.5 Å². The highest BCUT2D eigenvalue weighted by atomic mass is 32.1. The largest absolute Gasteiger partial charge is 0.494 e. The Morgan fingerprint density at radius 1 is 1.10 bits per heavy atom. The highest BCUT2D eigenvalue weighted by Crippen LogP contribution is 2.31. The number of quaternary nitrogens is 1. The Morgan fingerprint density at radius 2 is 1.90 bits per heavy atom. The molecule has 1 N–H and O–H groups in total. The zero-order valence-electron chi connectivity index (χ0n) is 17.2. The first-order valence-electron chi connectivity index (χ1n) is 9.87. The standard InChI is InChI=1S/C22H27N3O3S/c1-4-27-18-11-12-19-20(15-18)29-22(23-19)25(14-8-13-24(2)3)21(26)16-28-17-9-6-5-7-10-17/h5-7,9-12,15H,4,8,13-14,16H2,1-3H3/p+1. The van der Waals surface area contributed by atoms with Crippen molar-refractivity contribution < 1.29 is 19.2 Å². The molecule has 0 aliphatic carbocycles. The van der Waals surface area contributed by atoms with Gasteiger partial charge in [-0.1, -0.05) is 29.5 Å². The number of carbonyl (C=O) groups is 1. The first-order valence-corrected chi connectivity index (χ1v) is 10.7. The highest BCUT2D eigenvalue weighted by Gasteiger charge is 2.21. The number of amides is 1. The third-order valence-corrected chi connectivity index (χ3v) is 5.40. The maximum atomic E-state index is 13.0. The summed E-state index contributed by atoms with van der Waals surface area (Å²) in [4.78, 5) is 20.8. The van der Waals surface area contributed by atoms with Crippen molar-refractivity contribution in [3.63, 3.8) is 0 Å². The number of hydrogen-bond donors (Lipinski definition) is 1. The Labute approximate surface area is 175 Å². The van der Waals surface area contributed by atoms with Gasteiger partial charge >= 0.3 is 0 Å². The number of aromatic nitrogens is 1. The molecule has 3 aromatic rings. The highest BCUT2D eigenvalue weighted by molar-refractivity contribution is 7.22. The second-order valence-corrected chi connectivity index (χ2v) is 8.03. The minimum Gasteiger partial charge on any atom is -0.494 e. The van der Waals surface area contributed by atoms with E-state index in [0.29, 0.717) is 24.0 Å². The van der Waals surface area contributed by atoms with E-state index in [4.69, 9.17) is 14.5 Å². The summed E-state index contributed by atoms with van der Waals surface area (Å²) < 4.78 is 12.3. The van der Waals surface area contributed by atoms with Crippen LogP contribution in [0.2, 0.25) is 0 Å². The molecule has 0 fully saturated rings. The first kappa shape index (κ1) is 21.1. The lowest BCUT2D eigenvalue weighted by Crippen LogP contribution is -3.05. The molecule has 0 aliphatic rings. The van der Waals surface area contributed by atoms with E-state index >= 15 is 0 Å². The van der Waals surface area contributed by atoms with E-state index in [2.05, 4.69) is 14.1 Å². The Hall–Kier alpha value is -2.64. The van der Waals surface area contributed by atoms with E-state index in [0.717, 1.165) is 28.9 Å². The predicted octanol–water partition coefficient (Wildman–Crippen LogP) is 2.64. The summed E-state index contributed by atoms with van der Waals surface area (Å²) >= 11 is 1.51. The monoisotopic (exact) mass is 414 g/mol. The summed E-state index contributed by atoms with van der Waals surface area (Å²) in [5.41, 5.74) is 0.869. The van der Waals surface area contributed by atoms with Gasteiger partial charge in [0.05, 0.1) is 37.5 Å². The van der Waals surface area contributed by atoms with Gasteiger partial charge in [-0.2, -0.15) is 0 Å². The van der Waals surface area contributed by atoms with Gasteiger partial charge in [0.15, 0.2) is 11.7 Å². The molecule has 0 saturated heterocycles. The van der Waals surface area contributed by atoms with E-state index < -0.39 is 0 Å². The number of para-hydroxylation sites is 1. The molecule has 2 aromatic carbocycles. The van der Waals surface area contributed by atoms with Gasteiger partial charge in [-0.3, -0.25) is 9.69 Å². The van der Waals surface area contributed by atoms with E-state index in [9.17, 15) is 4.79 Å². The lowest BCUT2D eigenvalue weighted by Gasteiger charge is -2.20. The Morgan fingerprint density at radius 3 is 2.62 bits per heavy atom. The van der Waals surface area contributed by atoms with Gasteiger partial charge in [-0.25, -0.2) is 4.98 Å². The Balaban J connectivity index is 1.78. The normalized spacial score (nSPS) is 11.0. The molecule has 0 radical (unpaired) electrons. The molecule has 3 rings (SSSR count). The number of nitrogens with zero attached hydrogens (tertiary/aromatic N) is 2. The molecule has 0 spiro atoms. The number of nitrogens with one attached hydrogen (secondary N) is 1. The SMILES string of the molecule is CCOc1ccc2nc(N(CCC[NH+](C)C)C(=O)COc3ccccc3)sc2c1. The third-order valence-electron chi connectivity index (χ3n) is 4.36. The minimum atomic E-state index is -0.0910. The smallest absolute Gasteiger partial charge is 0.266 e. The van der Waals surface area contributed by atoms with Crippen molar-refractivity contribution >= 4 is 32.6 Å². The zero-order valence-corrected chi connectivity index (χ0v) is 18.0. The number of ether oxygens (including phenoxy) is 2. The summed E-state index contributed by atoms with van der Waals surface area (Å²) in [6.45, 7) is 4.15. The molecule has 29 heavy (non-hydrogen) atoms. The average Bonchev–Trinajstić information content (AvgIpc) is 3.13. The minimum absolute atomic E-state index is 0.0149. The lowest BCUT2D eigenvalue weighted by atomic mass is 10.3. The molecule has 1 aromatic heterocycles. The van der Waals surface area contributed by atoms with Gasteiger partial charge in [0.1, 0.15) is 11.5 Å². The van der Waals surface area contributed by atoms with Crippen LogP contribution in [0.3, 0.4) is 0 Å². The topological polar surface area (TPSA) is 56.1 Å². The first-order chi connectivity index (χ1) is 14.1. The predicted molar refractivity (Wildman–Crippen MR) is 117 cm³/mol. The number of fused-ring (bicyclic) bond motifs is 1. The molecule has 0 bridgehead atoms. The van der Waals surface area contributed by atoms with Crippen LogP contribution < -0.4 is 19.3 Å². The van der Waals surface area contributed by atoms with Gasteiger partial charge in [0.2, 0.25) is 0 Å². The molecular formula is C22H28N3O3S+. The molecule has 0 unspecified atom stereocenters. The fourth-order valence-corrected chi connectivity index (χ4v) is 3.96. The van der Waals surface area contributed by atoms with E-state index in [-0.39, 0.29) is 12.5 Å². The quantitative estimate of drug-likeness (QED) is 0.554. The average molecular weight is 415 g/mol. The van der Waals surface area contributed by atoms with Crippen molar-refractivity contribution in [3.05, 3.63) is 48.5 Å². The van der Waals surface area contributed by atoms with Crippen LogP contribution in [0.1, 0.15) is 13.3 Å². The summed E-state index contributed by atoms with van der Waals surface area (Å²) in [6, 6.07) is 15.2. The maximum Gasteiger partial charge on any atom is 0.266 e. The fourth-order valence-electron chi connectivity index (χ4n) is 2.92. The molecule has 1 heterocycles. The number of thiazole rings is 1. The Kier molecular flexibility index (Phi) is 7.43. The second-order valence-electron chi connectivity index (χ2n) is 7.02. The fraction of sp³-hybridized carbons (Fsp3) is 0.364. The van der Waals surface area contributed by atoms with Crippen LogP contribution in [-0.4, -0.2) is 51.3 Å². The van der Waals surface area contributed by atoms with E-state index in [1.54, 1.807) is 4.90 Å². The number of anilines is 1. The van der Waals surface area contributed by atoms with Crippen LogP contribution >= 0.6 is 11.3 Å². The number of hydrogen-bond acceptors (Lipinski definition) is 5. The molecule has 1 amide bonds.